The first-order chi connectivity index (χ1) is 5.71. The van der Waals surface area contributed by atoms with Gasteiger partial charge in [-0.3, -0.25) is 4.79 Å². The molecule has 0 saturated heterocycles. The number of carbonyl (C=O) groups is 1. The largest absolute Gasteiger partial charge is 0.368 e. The Morgan fingerprint density at radius 3 is 2.42 bits per heavy atom. The van der Waals surface area contributed by atoms with Crippen molar-refractivity contribution in [2.24, 2.45) is 5.73 Å². The number of nitrogens with one attached hydrogen (secondary N) is 1. The number of primary amides is 1. The van der Waals surface area contributed by atoms with Crippen LogP contribution in [-0.4, -0.2) is 18.0 Å². The number of carbonyl (C=O) groups excluding carboxylic acids is 1. The van der Waals surface area contributed by atoms with Crippen molar-refractivity contribution in [3.05, 3.63) is 0 Å². The van der Waals surface area contributed by atoms with Crippen LogP contribution in [0, 0.1) is 0 Å². The molecule has 0 aromatic heterocycles. The number of hydrogen-bond acceptors (Lipinski definition) is 2. The second-order valence-corrected chi connectivity index (χ2v) is 3.54. The maximum atomic E-state index is 11.2. The number of nitrogens with two attached hydrogens (primary N) is 1. The summed E-state index contributed by atoms with van der Waals surface area (Å²) < 4.78 is 0. The monoisotopic (exact) mass is 170 g/mol. The molecule has 0 bridgehead atoms. The maximum Gasteiger partial charge on any atom is 0.237 e. The van der Waals surface area contributed by atoms with Gasteiger partial charge in [0.2, 0.25) is 5.91 Å². The molecule has 0 unspecified atom stereocenters. The molecule has 0 atom stereocenters. The third-order valence-electron chi connectivity index (χ3n) is 2.69. The molecule has 12 heavy (non-hydrogen) atoms. The third kappa shape index (κ3) is 1.78. The van der Waals surface area contributed by atoms with Crippen LogP contribution >= 0.6 is 0 Å². The standard InChI is InChI=1S/C9H18N2O/c1-2-11-9(8(10)12)6-4-3-5-7-9/h11H,2-7H2,1H3,(H2,10,12). The van der Waals surface area contributed by atoms with Crippen molar-refractivity contribution in [1.82, 2.24) is 5.32 Å². The van der Waals surface area contributed by atoms with E-state index in [0.29, 0.717) is 0 Å². The lowest BCUT2D eigenvalue weighted by molar-refractivity contribution is -0.125. The summed E-state index contributed by atoms with van der Waals surface area (Å²) in [5, 5.41) is 3.22. The summed E-state index contributed by atoms with van der Waals surface area (Å²) in [6, 6.07) is 0. The van der Waals surface area contributed by atoms with Crippen molar-refractivity contribution in [2.75, 3.05) is 6.54 Å². The van der Waals surface area contributed by atoms with E-state index in [2.05, 4.69) is 5.32 Å². The highest BCUT2D eigenvalue weighted by Gasteiger charge is 2.36. The molecular weight excluding hydrogens is 152 g/mol. The molecule has 0 aromatic rings. The maximum absolute atomic E-state index is 11.2. The van der Waals surface area contributed by atoms with Crippen LogP contribution in [-0.2, 0) is 4.79 Å². The first-order valence-corrected chi connectivity index (χ1v) is 4.76. The van der Waals surface area contributed by atoms with Crippen LogP contribution in [0.2, 0.25) is 0 Å². The minimum atomic E-state index is -0.382. The van der Waals surface area contributed by atoms with Crippen LogP contribution in [0.3, 0.4) is 0 Å². The van der Waals surface area contributed by atoms with Crippen LogP contribution in [0.1, 0.15) is 39.0 Å². The zero-order valence-electron chi connectivity index (χ0n) is 7.73. The van der Waals surface area contributed by atoms with Gasteiger partial charge in [0.25, 0.3) is 0 Å². The minimum Gasteiger partial charge on any atom is -0.368 e. The molecule has 0 aliphatic heterocycles. The Balaban J connectivity index is 2.63. The molecule has 0 heterocycles. The summed E-state index contributed by atoms with van der Waals surface area (Å²) >= 11 is 0. The van der Waals surface area contributed by atoms with E-state index in [-0.39, 0.29) is 11.4 Å². The Bertz CT molecular complexity index is 156. The molecular formula is C9H18N2O. The number of amides is 1. The minimum absolute atomic E-state index is 0.177. The summed E-state index contributed by atoms with van der Waals surface area (Å²) in [6.45, 7) is 2.84. The number of likely N-dealkylation sites (N-methyl/N-ethyl adjacent to an activating group) is 1. The van der Waals surface area contributed by atoms with Gasteiger partial charge in [-0.1, -0.05) is 26.2 Å². The first-order valence-electron chi connectivity index (χ1n) is 4.76. The zero-order chi connectivity index (χ0) is 9.03. The summed E-state index contributed by atoms with van der Waals surface area (Å²) in [7, 11) is 0. The molecule has 3 nitrogen and oxygen atoms in total. The Hall–Kier alpha value is -0.570. The van der Waals surface area contributed by atoms with Gasteiger partial charge in [0.05, 0.1) is 5.54 Å². The average Bonchev–Trinajstić information content (AvgIpc) is 2.06. The lowest BCUT2D eigenvalue weighted by Crippen LogP contribution is -2.56. The fraction of sp³-hybridized carbons (Fsp3) is 0.889. The SMILES string of the molecule is CCNC1(C(N)=O)CCCCC1. The fourth-order valence-electron chi connectivity index (χ4n) is 2.00. The topological polar surface area (TPSA) is 55.1 Å². The number of hydrogen-bond donors (Lipinski definition) is 2. The normalized spacial score (nSPS) is 22.1. The quantitative estimate of drug-likeness (QED) is 0.657. The van der Waals surface area contributed by atoms with Gasteiger partial charge in [0, 0.05) is 0 Å². The van der Waals surface area contributed by atoms with Crippen LogP contribution in [0.15, 0.2) is 0 Å². The van der Waals surface area contributed by atoms with Gasteiger partial charge >= 0.3 is 0 Å². The predicted molar refractivity (Wildman–Crippen MR) is 48.7 cm³/mol. The van der Waals surface area contributed by atoms with Gasteiger partial charge in [-0.15, -0.1) is 0 Å². The molecule has 1 aliphatic rings. The molecule has 0 aromatic carbocycles. The summed E-state index contributed by atoms with van der Waals surface area (Å²) in [5.74, 6) is -0.177. The van der Waals surface area contributed by atoms with Gasteiger partial charge in [-0.25, -0.2) is 0 Å². The lowest BCUT2D eigenvalue weighted by Gasteiger charge is -2.34. The van der Waals surface area contributed by atoms with Crippen molar-refractivity contribution in [1.29, 1.82) is 0 Å². The Kier molecular flexibility index (Phi) is 3.09. The molecule has 1 rings (SSSR count). The van der Waals surface area contributed by atoms with E-state index in [9.17, 15) is 4.79 Å². The molecule has 3 N–H and O–H groups in total. The van der Waals surface area contributed by atoms with Gasteiger partial charge in [-0.05, 0) is 19.4 Å². The van der Waals surface area contributed by atoms with E-state index in [0.717, 1.165) is 32.2 Å². The smallest absolute Gasteiger partial charge is 0.237 e. The van der Waals surface area contributed by atoms with Crippen LogP contribution in [0.5, 0.6) is 0 Å². The molecule has 1 aliphatic carbocycles. The Morgan fingerprint density at radius 2 is 2.00 bits per heavy atom. The number of rotatable bonds is 3. The highest BCUT2D eigenvalue weighted by molar-refractivity contribution is 5.84. The van der Waals surface area contributed by atoms with E-state index in [1.54, 1.807) is 0 Å². The molecule has 70 valence electrons. The Labute approximate surface area is 73.7 Å². The second-order valence-electron chi connectivity index (χ2n) is 3.54. The predicted octanol–water partition coefficient (Wildman–Crippen LogP) is 0.784. The van der Waals surface area contributed by atoms with Gasteiger partial charge < -0.3 is 11.1 Å². The van der Waals surface area contributed by atoms with Gasteiger partial charge in [0.1, 0.15) is 0 Å². The lowest BCUT2D eigenvalue weighted by atomic mass is 9.81. The highest BCUT2D eigenvalue weighted by atomic mass is 16.1. The molecule has 0 spiro atoms. The van der Waals surface area contributed by atoms with Gasteiger partial charge in [0.15, 0.2) is 0 Å². The summed E-state index contributed by atoms with van der Waals surface area (Å²) in [6.07, 6.45) is 5.30. The van der Waals surface area contributed by atoms with Crippen molar-refractivity contribution < 1.29 is 4.79 Å². The highest BCUT2D eigenvalue weighted by Crippen LogP contribution is 2.27. The third-order valence-corrected chi connectivity index (χ3v) is 2.69. The average molecular weight is 170 g/mol. The van der Waals surface area contributed by atoms with E-state index in [1.807, 2.05) is 6.92 Å². The van der Waals surface area contributed by atoms with E-state index in [4.69, 9.17) is 5.73 Å². The van der Waals surface area contributed by atoms with Crippen molar-refractivity contribution in [3.63, 3.8) is 0 Å². The second kappa shape index (κ2) is 3.90. The van der Waals surface area contributed by atoms with Crippen LogP contribution in [0.25, 0.3) is 0 Å². The first kappa shape index (κ1) is 9.52. The van der Waals surface area contributed by atoms with Crippen LogP contribution < -0.4 is 11.1 Å². The van der Waals surface area contributed by atoms with Crippen molar-refractivity contribution >= 4 is 5.91 Å². The molecule has 3 heteroatoms. The van der Waals surface area contributed by atoms with Crippen molar-refractivity contribution in [2.45, 2.75) is 44.6 Å². The van der Waals surface area contributed by atoms with E-state index < -0.39 is 0 Å². The van der Waals surface area contributed by atoms with E-state index in [1.165, 1.54) is 6.42 Å². The fourth-order valence-corrected chi connectivity index (χ4v) is 2.00. The molecule has 1 saturated carbocycles. The molecule has 1 fully saturated rings. The van der Waals surface area contributed by atoms with E-state index >= 15 is 0 Å². The molecule has 1 amide bonds. The summed E-state index contributed by atoms with van der Waals surface area (Å²) in [5.41, 5.74) is 5.00. The van der Waals surface area contributed by atoms with Crippen molar-refractivity contribution in [3.8, 4) is 0 Å². The molecule has 0 radical (unpaired) electrons. The van der Waals surface area contributed by atoms with Gasteiger partial charge in [-0.2, -0.15) is 0 Å². The Morgan fingerprint density at radius 1 is 1.42 bits per heavy atom. The zero-order valence-corrected chi connectivity index (χ0v) is 7.73. The summed E-state index contributed by atoms with van der Waals surface area (Å²) in [4.78, 5) is 11.2. The van der Waals surface area contributed by atoms with Crippen LogP contribution in [0.4, 0.5) is 0 Å².